The number of nitrogens with one attached hydrogen (secondary N) is 1. The molecule has 1 N–H and O–H groups in total. The monoisotopic (exact) mass is 401 g/mol. The molecule has 0 bridgehead atoms. The van der Waals surface area contributed by atoms with Crippen LogP contribution in [0, 0.1) is 0 Å². The Balaban J connectivity index is 1.84. The molecule has 3 rings (SSSR count). The average molecular weight is 401 g/mol. The van der Waals surface area contributed by atoms with Gasteiger partial charge in [0.1, 0.15) is 0 Å². The summed E-state index contributed by atoms with van der Waals surface area (Å²) in [5.41, 5.74) is 1.09. The molecular formula is C21H18F3N3S. The Morgan fingerprint density at radius 3 is 2.21 bits per heavy atom. The Kier molecular flexibility index (Phi) is 6.26. The zero-order valence-electron chi connectivity index (χ0n) is 14.9. The van der Waals surface area contributed by atoms with Crippen molar-refractivity contribution in [3.05, 3.63) is 95.8 Å². The van der Waals surface area contributed by atoms with Crippen LogP contribution in [-0.2, 0) is 19.3 Å². The van der Waals surface area contributed by atoms with E-state index < -0.39 is 11.7 Å². The van der Waals surface area contributed by atoms with Gasteiger partial charge in [-0.15, -0.1) is 0 Å². The molecule has 3 aromatic rings. The number of nitrogens with zero attached hydrogens (tertiary/aromatic N) is 2. The number of benzene rings is 2. The largest absolute Gasteiger partial charge is 0.418 e. The van der Waals surface area contributed by atoms with Crippen molar-refractivity contribution in [1.29, 1.82) is 0 Å². The minimum Gasteiger partial charge on any atom is -0.340 e. The molecule has 0 spiro atoms. The van der Waals surface area contributed by atoms with Crippen LogP contribution < -0.4 is 5.32 Å². The fraction of sp³-hybridized carbons (Fsp3) is 0.143. The van der Waals surface area contributed by atoms with Crippen LogP contribution in [0.3, 0.4) is 0 Å². The van der Waals surface area contributed by atoms with Crippen LogP contribution in [-0.4, -0.2) is 15.0 Å². The predicted molar refractivity (Wildman–Crippen MR) is 108 cm³/mol. The number of hydrogen-bond donors (Lipinski definition) is 1. The third-order valence-electron chi connectivity index (χ3n) is 4.07. The SMILES string of the molecule is FC(F)(F)c1ccccc1NC(=S)N(Cc1ccccc1)Cc1cccnc1. The van der Waals surface area contributed by atoms with E-state index in [-0.39, 0.29) is 10.8 Å². The molecule has 0 aliphatic rings. The van der Waals surface area contributed by atoms with Gasteiger partial charge in [-0.05, 0) is 41.5 Å². The third kappa shape index (κ3) is 5.29. The maximum absolute atomic E-state index is 13.3. The fourth-order valence-corrected chi connectivity index (χ4v) is 2.99. The van der Waals surface area contributed by atoms with Crippen molar-refractivity contribution < 1.29 is 13.2 Å². The zero-order chi connectivity index (χ0) is 20.0. The zero-order valence-corrected chi connectivity index (χ0v) is 15.7. The molecule has 0 radical (unpaired) electrons. The van der Waals surface area contributed by atoms with Gasteiger partial charge in [-0.2, -0.15) is 13.2 Å². The van der Waals surface area contributed by atoms with E-state index in [0.29, 0.717) is 13.1 Å². The second-order valence-electron chi connectivity index (χ2n) is 6.18. The summed E-state index contributed by atoms with van der Waals surface area (Å²) in [5.74, 6) is 0. The Morgan fingerprint density at radius 1 is 0.893 bits per heavy atom. The standard InChI is InChI=1S/C21H18F3N3S/c22-21(23,24)18-10-4-5-11-19(18)26-20(28)27(14-16-7-2-1-3-8-16)15-17-9-6-12-25-13-17/h1-13H,14-15H2,(H,26,28). The topological polar surface area (TPSA) is 28.2 Å². The first-order valence-corrected chi connectivity index (χ1v) is 8.99. The molecular weight excluding hydrogens is 383 g/mol. The summed E-state index contributed by atoms with van der Waals surface area (Å²) >= 11 is 5.47. The molecule has 0 atom stereocenters. The van der Waals surface area contributed by atoms with Crippen LogP contribution in [0.2, 0.25) is 0 Å². The highest BCUT2D eigenvalue weighted by atomic mass is 32.1. The lowest BCUT2D eigenvalue weighted by Gasteiger charge is -2.27. The number of alkyl halides is 3. The summed E-state index contributed by atoms with van der Waals surface area (Å²) in [7, 11) is 0. The van der Waals surface area contributed by atoms with Crippen molar-refractivity contribution in [2.45, 2.75) is 19.3 Å². The van der Waals surface area contributed by atoms with E-state index in [4.69, 9.17) is 12.2 Å². The van der Waals surface area contributed by atoms with Crippen molar-refractivity contribution in [1.82, 2.24) is 9.88 Å². The molecule has 0 amide bonds. The maximum Gasteiger partial charge on any atom is 0.418 e. The van der Waals surface area contributed by atoms with Crippen LogP contribution in [0.25, 0.3) is 0 Å². The first-order valence-electron chi connectivity index (χ1n) is 8.58. The summed E-state index contributed by atoms with van der Waals surface area (Å²) in [6.07, 6.45) is -1.09. The molecule has 0 unspecified atom stereocenters. The Morgan fingerprint density at radius 2 is 1.54 bits per heavy atom. The molecule has 0 aliphatic heterocycles. The van der Waals surface area contributed by atoms with Crippen molar-refractivity contribution in [3.8, 4) is 0 Å². The van der Waals surface area contributed by atoms with Gasteiger partial charge in [-0.1, -0.05) is 48.5 Å². The highest BCUT2D eigenvalue weighted by Gasteiger charge is 2.33. The maximum atomic E-state index is 13.3. The van der Waals surface area contributed by atoms with Gasteiger partial charge in [0.25, 0.3) is 0 Å². The fourth-order valence-electron chi connectivity index (χ4n) is 2.75. The van der Waals surface area contributed by atoms with Gasteiger partial charge in [0.05, 0.1) is 11.3 Å². The normalized spacial score (nSPS) is 11.1. The van der Waals surface area contributed by atoms with Gasteiger partial charge in [0, 0.05) is 25.5 Å². The number of para-hydroxylation sites is 1. The number of halogens is 3. The smallest absolute Gasteiger partial charge is 0.340 e. The van der Waals surface area contributed by atoms with Crippen molar-refractivity contribution in [3.63, 3.8) is 0 Å². The van der Waals surface area contributed by atoms with E-state index in [1.54, 1.807) is 18.5 Å². The van der Waals surface area contributed by atoms with Gasteiger partial charge >= 0.3 is 6.18 Å². The van der Waals surface area contributed by atoms with Gasteiger partial charge < -0.3 is 10.2 Å². The molecule has 0 fully saturated rings. The minimum atomic E-state index is -4.47. The number of rotatable bonds is 5. The van der Waals surface area contributed by atoms with Crippen LogP contribution in [0.15, 0.2) is 79.1 Å². The van der Waals surface area contributed by atoms with Crippen molar-refractivity contribution >= 4 is 23.0 Å². The number of hydrogen-bond acceptors (Lipinski definition) is 2. The van der Waals surface area contributed by atoms with Gasteiger partial charge in [0.2, 0.25) is 0 Å². The summed E-state index contributed by atoms with van der Waals surface area (Å²) in [5, 5.41) is 2.99. The number of thiocarbonyl (C=S) groups is 1. The Bertz CT molecular complexity index is 873. The molecule has 7 heteroatoms. The van der Waals surface area contributed by atoms with Crippen LogP contribution >= 0.6 is 12.2 Å². The second kappa shape index (κ2) is 8.84. The number of anilines is 1. The molecule has 28 heavy (non-hydrogen) atoms. The minimum absolute atomic E-state index is 0.0655. The van der Waals surface area contributed by atoms with E-state index in [2.05, 4.69) is 10.3 Å². The lowest BCUT2D eigenvalue weighted by molar-refractivity contribution is -0.136. The molecule has 2 aromatic carbocycles. The van der Waals surface area contributed by atoms with E-state index in [1.807, 2.05) is 47.4 Å². The van der Waals surface area contributed by atoms with E-state index in [1.165, 1.54) is 12.1 Å². The van der Waals surface area contributed by atoms with Crippen molar-refractivity contribution in [2.75, 3.05) is 5.32 Å². The van der Waals surface area contributed by atoms with Gasteiger partial charge in [0.15, 0.2) is 5.11 Å². The second-order valence-corrected chi connectivity index (χ2v) is 6.56. The molecule has 0 saturated carbocycles. The lowest BCUT2D eigenvalue weighted by atomic mass is 10.1. The molecule has 1 heterocycles. The van der Waals surface area contributed by atoms with E-state index in [0.717, 1.165) is 17.2 Å². The quantitative estimate of drug-likeness (QED) is 0.572. The van der Waals surface area contributed by atoms with Gasteiger partial charge in [-0.25, -0.2) is 0 Å². The first-order chi connectivity index (χ1) is 13.4. The third-order valence-corrected chi connectivity index (χ3v) is 4.43. The summed E-state index contributed by atoms with van der Waals surface area (Å²) in [6.45, 7) is 0.874. The predicted octanol–water partition coefficient (Wildman–Crippen LogP) is 5.50. The Labute approximate surface area is 166 Å². The lowest BCUT2D eigenvalue weighted by Crippen LogP contribution is -2.34. The highest BCUT2D eigenvalue weighted by molar-refractivity contribution is 7.80. The summed E-state index contributed by atoms with van der Waals surface area (Å²) in [6, 6.07) is 18.6. The highest BCUT2D eigenvalue weighted by Crippen LogP contribution is 2.34. The molecule has 1 aromatic heterocycles. The number of pyridine rings is 1. The average Bonchev–Trinajstić information content (AvgIpc) is 2.69. The van der Waals surface area contributed by atoms with Crippen LogP contribution in [0.4, 0.5) is 18.9 Å². The van der Waals surface area contributed by atoms with Crippen molar-refractivity contribution in [2.24, 2.45) is 0 Å². The molecule has 0 saturated heterocycles. The van der Waals surface area contributed by atoms with Gasteiger partial charge in [-0.3, -0.25) is 4.98 Å². The van der Waals surface area contributed by atoms with E-state index >= 15 is 0 Å². The first kappa shape index (κ1) is 19.8. The molecule has 3 nitrogen and oxygen atoms in total. The van der Waals surface area contributed by atoms with Crippen LogP contribution in [0.1, 0.15) is 16.7 Å². The molecule has 144 valence electrons. The number of aromatic nitrogens is 1. The summed E-state index contributed by atoms with van der Waals surface area (Å²) in [4.78, 5) is 5.91. The van der Waals surface area contributed by atoms with Crippen LogP contribution in [0.5, 0.6) is 0 Å². The summed E-state index contributed by atoms with van der Waals surface area (Å²) < 4.78 is 39.9. The Hall–Kier alpha value is -2.93. The van der Waals surface area contributed by atoms with E-state index in [9.17, 15) is 13.2 Å². The molecule has 0 aliphatic carbocycles.